The van der Waals surface area contributed by atoms with Gasteiger partial charge in [0.05, 0.1) is 5.54 Å². The molecule has 0 aromatic carbocycles. The standard InChI is InChI=1S/C12H19Cl2NO/c1-12(6-13,7-14)15-11(16)10-8-4-2-3-5-9(8)10/h8-10H,2-7H2,1H3,(H,15,16). The van der Waals surface area contributed by atoms with E-state index in [9.17, 15) is 4.79 Å². The van der Waals surface area contributed by atoms with E-state index in [-0.39, 0.29) is 11.8 Å². The molecule has 0 aromatic heterocycles. The molecule has 0 radical (unpaired) electrons. The molecule has 0 bridgehead atoms. The van der Waals surface area contributed by atoms with Gasteiger partial charge in [0, 0.05) is 17.7 Å². The summed E-state index contributed by atoms with van der Waals surface area (Å²) in [5, 5.41) is 3.01. The molecule has 2 aliphatic carbocycles. The van der Waals surface area contributed by atoms with Crippen LogP contribution >= 0.6 is 23.2 Å². The molecule has 2 fully saturated rings. The van der Waals surface area contributed by atoms with Gasteiger partial charge in [-0.3, -0.25) is 4.79 Å². The summed E-state index contributed by atoms with van der Waals surface area (Å²) in [4.78, 5) is 12.1. The van der Waals surface area contributed by atoms with Crippen molar-refractivity contribution in [3.05, 3.63) is 0 Å². The van der Waals surface area contributed by atoms with Gasteiger partial charge in [0.2, 0.25) is 5.91 Å². The molecule has 0 saturated heterocycles. The average Bonchev–Trinajstić information content (AvgIpc) is 3.03. The Morgan fingerprint density at radius 3 is 2.19 bits per heavy atom. The van der Waals surface area contributed by atoms with Gasteiger partial charge in [0.1, 0.15) is 0 Å². The Hall–Kier alpha value is 0.0500. The van der Waals surface area contributed by atoms with Crippen molar-refractivity contribution in [1.82, 2.24) is 5.32 Å². The normalized spacial score (nSPS) is 33.1. The zero-order valence-electron chi connectivity index (χ0n) is 9.64. The molecule has 2 rings (SSSR count). The summed E-state index contributed by atoms with van der Waals surface area (Å²) >= 11 is 11.7. The van der Waals surface area contributed by atoms with Crippen molar-refractivity contribution in [2.45, 2.75) is 38.1 Å². The summed E-state index contributed by atoms with van der Waals surface area (Å²) in [5.74, 6) is 2.43. The highest BCUT2D eigenvalue weighted by molar-refractivity contribution is 6.22. The van der Waals surface area contributed by atoms with Crippen LogP contribution in [0, 0.1) is 17.8 Å². The van der Waals surface area contributed by atoms with E-state index in [0.717, 1.165) is 0 Å². The molecule has 4 heteroatoms. The minimum absolute atomic E-state index is 0.167. The van der Waals surface area contributed by atoms with E-state index in [1.165, 1.54) is 25.7 Å². The summed E-state index contributed by atoms with van der Waals surface area (Å²) in [5.41, 5.74) is -0.452. The van der Waals surface area contributed by atoms with E-state index in [0.29, 0.717) is 23.6 Å². The Morgan fingerprint density at radius 1 is 1.25 bits per heavy atom. The van der Waals surface area contributed by atoms with Crippen molar-refractivity contribution in [2.24, 2.45) is 17.8 Å². The average molecular weight is 264 g/mol. The third-order valence-electron chi connectivity index (χ3n) is 3.97. The van der Waals surface area contributed by atoms with Crippen LogP contribution in [-0.2, 0) is 4.79 Å². The summed E-state index contributed by atoms with van der Waals surface area (Å²) in [6.07, 6.45) is 5.02. The molecule has 2 aliphatic rings. The van der Waals surface area contributed by atoms with Gasteiger partial charge in [-0.05, 0) is 31.6 Å². The van der Waals surface area contributed by atoms with Crippen LogP contribution < -0.4 is 5.32 Å². The maximum absolute atomic E-state index is 12.1. The van der Waals surface area contributed by atoms with E-state index in [2.05, 4.69) is 5.32 Å². The van der Waals surface area contributed by atoms with Crippen molar-refractivity contribution in [2.75, 3.05) is 11.8 Å². The van der Waals surface area contributed by atoms with Gasteiger partial charge < -0.3 is 5.32 Å². The van der Waals surface area contributed by atoms with E-state index >= 15 is 0 Å². The Kier molecular flexibility index (Phi) is 3.70. The second kappa shape index (κ2) is 4.73. The van der Waals surface area contributed by atoms with Gasteiger partial charge in [0.25, 0.3) is 0 Å². The molecule has 0 heterocycles. The molecular weight excluding hydrogens is 245 g/mol. The molecule has 2 saturated carbocycles. The van der Waals surface area contributed by atoms with Gasteiger partial charge in [0.15, 0.2) is 0 Å². The Bertz CT molecular complexity index is 266. The lowest BCUT2D eigenvalue weighted by atomic mass is 10.0. The smallest absolute Gasteiger partial charge is 0.224 e. The number of rotatable bonds is 4. The Labute approximate surface area is 107 Å². The number of hydrogen-bond acceptors (Lipinski definition) is 1. The number of alkyl halides is 2. The van der Waals surface area contributed by atoms with Gasteiger partial charge in [-0.15, -0.1) is 23.2 Å². The fourth-order valence-corrected chi connectivity index (χ4v) is 3.28. The highest BCUT2D eigenvalue weighted by Gasteiger charge is 2.55. The third-order valence-corrected chi connectivity index (χ3v) is 5.15. The summed E-state index contributed by atoms with van der Waals surface area (Å²) in [7, 11) is 0. The molecule has 0 spiro atoms. The topological polar surface area (TPSA) is 29.1 Å². The summed E-state index contributed by atoms with van der Waals surface area (Å²) in [6, 6.07) is 0. The number of halogens is 2. The number of fused-ring (bicyclic) bond motifs is 1. The van der Waals surface area contributed by atoms with E-state index in [1.807, 2.05) is 6.92 Å². The molecule has 1 amide bonds. The second-order valence-corrected chi connectivity index (χ2v) is 5.99. The number of carbonyl (C=O) groups excluding carboxylic acids is 1. The van der Waals surface area contributed by atoms with E-state index in [1.54, 1.807) is 0 Å². The van der Waals surface area contributed by atoms with Crippen molar-refractivity contribution in [3.63, 3.8) is 0 Å². The maximum Gasteiger partial charge on any atom is 0.224 e. The Morgan fingerprint density at radius 2 is 1.75 bits per heavy atom. The van der Waals surface area contributed by atoms with Gasteiger partial charge in [-0.25, -0.2) is 0 Å². The van der Waals surface area contributed by atoms with Crippen molar-refractivity contribution in [1.29, 1.82) is 0 Å². The lowest BCUT2D eigenvalue weighted by molar-refractivity contribution is -0.124. The van der Waals surface area contributed by atoms with E-state index < -0.39 is 5.54 Å². The van der Waals surface area contributed by atoms with Crippen LogP contribution in [0.3, 0.4) is 0 Å². The predicted molar refractivity (Wildman–Crippen MR) is 66.9 cm³/mol. The lowest BCUT2D eigenvalue weighted by Crippen LogP contribution is -2.50. The minimum atomic E-state index is -0.452. The zero-order chi connectivity index (χ0) is 11.8. The highest BCUT2D eigenvalue weighted by atomic mass is 35.5. The monoisotopic (exact) mass is 263 g/mol. The Balaban J connectivity index is 1.89. The number of hydrogen-bond donors (Lipinski definition) is 1. The van der Waals surface area contributed by atoms with Crippen LogP contribution in [0.2, 0.25) is 0 Å². The van der Waals surface area contributed by atoms with Gasteiger partial charge in [-0.2, -0.15) is 0 Å². The maximum atomic E-state index is 12.1. The fraction of sp³-hybridized carbons (Fsp3) is 0.917. The number of amides is 1. The van der Waals surface area contributed by atoms with Crippen LogP contribution in [0.15, 0.2) is 0 Å². The minimum Gasteiger partial charge on any atom is -0.348 e. The second-order valence-electron chi connectivity index (χ2n) is 5.46. The van der Waals surface area contributed by atoms with Crippen LogP contribution in [0.25, 0.3) is 0 Å². The molecule has 2 unspecified atom stereocenters. The van der Waals surface area contributed by atoms with Crippen molar-refractivity contribution in [3.8, 4) is 0 Å². The zero-order valence-corrected chi connectivity index (χ0v) is 11.2. The predicted octanol–water partition coefficient (Wildman–Crippen LogP) is 2.78. The van der Waals surface area contributed by atoms with Crippen LogP contribution in [0.5, 0.6) is 0 Å². The third kappa shape index (κ3) is 2.33. The SMILES string of the molecule is CC(CCl)(CCl)NC(=O)C1C2CCCCC21. The molecule has 92 valence electrons. The molecule has 1 N–H and O–H groups in total. The molecule has 2 atom stereocenters. The highest BCUT2D eigenvalue weighted by Crippen LogP contribution is 2.55. The number of carbonyl (C=O) groups is 1. The fourth-order valence-electron chi connectivity index (χ4n) is 2.86. The van der Waals surface area contributed by atoms with Crippen LogP contribution in [0.1, 0.15) is 32.6 Å². The summed E-state index contributed by atoms with van der Waals surface area (Å²) in [6.45, 7) is 1.90. The lowest BCUT2D eigenvalue weighted by Gasteiger charge is -2.26. The van der Waals surface area contributed by atoms with Crippen LogP contribution in [0.4, 0.5) is 0 Å². The van der Waals surface area contributed by atoms with E-state index in [4.69, 9.17) is 23.2 Å². The van der Waals surface area contributed by atoms with Crippen molar-refractivity contribution < 1.29 is 4.79 Å². The van der Waals surface area contributed by atoms with Crippen LogP contribution in [-0.4, -0.2) is 23.2 Å². The first-order valence-corrected chi connectivity index (χ1v) is 7.12. The first-order valence-electron chi connectivity index (χ1n) is 6.05. The largest absolute Gasteiger partial charge is 0.348 e. The van der Waals surface area contributed by atoms with Crippen molar-refractivity contribution >= 4 is 29.1 Å². The summed E-state index contributed by atoms with van der Waals surface area (Å²) < 4.78 is 0. The molecular formula is C12H19Cl2NO. The molecule has 0 aliphatic heterocycles. The molecule has 2 nitrogen and oxygen atoms in total. The molecule has 16 heavy (non-hydrogen) atoms. The van der Waals surface area contributed by atoms with Gasteiger partial charge in [-0.1, -0.05) is 12.8 Å². The molecule has 0 aromatic rings. The number of nitrogens with one attached hydrogen (secondary N) is 1. The quantitative estimate of drug-likeness (QED) is 0.777. The van der Waals surface area contributed by atoms with Gasteiger partial charge >= 0.3 is 0 Å². The first-order chi connectivity index (χ1) is 7.61. The first kappa shape index (κ1) is 12.5.